The number of ether oxygens (including phenoxy) is 2. The van der Waals surface area contributed by atoms with Crippen LogP contribution in [0.15, 0.2) is 65.1 Å². The highest BCUT2D eigenvalue weighted by Gasteiger charge is 2.16. The number of nitrogens with zero attached hydrogens (tertiary/aromatic N) is 2. The minimum Gasteiger partial charge on any atom is -0.493 e. The second-order valence-electron chi connectivity index (χ2n) is 9.08. The summed E-state index contributed by atoms with van der Waals surface area (Å²) in [5.41, 5.74) is 3.80. The van der Waals surface area contributed by atoms with Gasteiger partial charge in [0.05, 0.1) is 19.2 Å². The molecule has 35 heavy (non-hydrogen) atoms. The van der Waals surface area contributed by atoms with Gasteiger partial charge in [-0.2, -0.15) is 0 Å². The molecule has 0 saturated carbocycles. The van der Waals surface area contributed by atoms with Crippen molar-refractivity contribution in [1.29, 1.82) is 0 Å². The molecule has 0 bridgehead atoms. The molecule has 0 amide bonds. The molecule has 5 rings (SSSR count). The van der Waals surface area contributed by atoms with Crippen molar-refractivity contribution in [3.63, 3.8) is 0 Å². The largest absolute Gasteiger partial charge is 0.493 e. The number of rotatable bonds is 10. The fourth-order valence-corrected chi connectivity index (χ4v) is 4.62. The highest BCUT2D eigenvalue weighted by atomic mass is 16.5. The van der Waals surface area contributed by atoms with Crippen molar-refractivity contribution in [1.82, 2.24) is 9.88 Å². The number of aryl methyl sites for hydroxylation is 1. The molecule has 0 atom stereocenters. The van der Waals surface area contributed by atoms with Crippen LogP contribution in [0.1, 0.15) is 30.6 Å². The third kappa shape index (κ3) is 5.60. The number of fused-ring (bicyclic) bond motifs is 1. The average Bonchev–Trinajstić information content (AvgIpc) is 3.57. The second-order valence-corrected chi connectivity index (χ2v) is 9.08. The molecule has 1 aliphatic rings. The van der Waals surface area contributed by atoms with Crippen LogP contribution in [0.3, 0.4) is 0 Å². The van der Waals surface area contributed by atoms with E-state index in [1.165, 1.54) is 31.5 Å². The van der Waals surface area contributed by atoms with E-state index in [9.17, 15) is 0 Å². The molecule has 2 aromatic carbocycles. The van der Waals surface area contributed by atoms with Gasteiger partial charge in [0.1, 0.15) is 11.5 Å². The van der Waals surface area contributed by atoms with Crippen molar-refractivity contribution in [3.05, 3.63) is 72.0 Å². The van der Waals surface area contributed by atoms with Crippen LogP contribution in [0.25, 0.3) is 22.4 Å². The molecule has 1 aliphatic heterocycles. The van der Waals surface area contributed by atoms with Crippen LogP contribution in [0.4, 0.5) is 5.69 Å². The molecule has 2 aromatic heterocycles. The predicted octanol–water partition coefficient (Wildman–Crippen LogP) is 6.29. The van der Waals surface area contributed by atoms with Gasteiger partial charge in [-0.1, -0.05) is 30.3 Å². The summed E-state index contributed by atoms with van der Waals surface area (Å²) in [4.78, 5) is 7.43. The molecule has 6 heteroatoms. The molecule has 0 radical (unpaired) electrons. The van der Waals surface area contributed by atoms with Crippen molar-refractivity contribution in [2.24, 2.45) is 0 Å². The number of anilines is 1. The lowest BCUT2D eigenvalue weighted by Crippen LogP contribution is -2.21. The minimum absolute atomic E-state index is 0.647. The maximum absolute atomic E-state index is 6.18. The van der Waals surface area contributed by atoms with E-state index in [2.05, 4.69) is 34.5 Å². The molecule has 3 heterocycles. The zero-order chi connectivity index (χ0) is 24.0. The van der Waals surface area contributed by atoms with Crippen LogP contribution < -0.4 is 14.8 Å². The molecule has 0 spiro atoms. The molecule has 0 aliphatic carbocycles. The van der Waals surface area contributed by atoms with Gasteiger partial charge >= 0.3 is 0 Å². The van der Waals surface area contributed by atoms with E-state index in [-0.39, 0.29) is 0 Å². The van der Waals surface area contributed by atoms with Crippen molar-refractivity contribution in [3.8, 4) is 23.0 Å². The first-order valence-electron chi connectivity index (χ1n) is 12.4. The Kier molecular flexibility index (Phi) is 7.19. The van der Waals surface area contributed by atoms with E-state index in [1.54, 1.807) is 7.11 Å². The summed E-state index contributed by atoms with van der Waals surface area (Å²) in [7, 11) is 1.68. The number of furan rings is 1. The van der Waals surface area contributed by atoms with Gasteiger partial charge in [0.25, 0.3) is 0 Å². The van der Waals surface area contributed by atoms with Gasteiger partial charge in [0.15, 0.2) is 17.3 Å². The van der Waals surface area contributed by atoms with Crippen LogP contribution >= 0.6 is 0 Å². The highest BCUT2D eigenvalue weighted by molar-refractivity contribution is 5.95. The summed E-state index contributed by atoms with van der Waals surface area (Å²) >= 11 is 0. The lowest BCUT2D eigenvalue weighted by Gasteiger charge is -2.17. The number of aromatic nitrogens is 1. The van der Waals surface area contributed by atoms with E-state index >= 15 is 0 Å². The molecular weight excluding hydrogens is 438 g/mol. The first kappa shape index (κ1) is 23.2. The number of likely N-dealkylation sites (tertiary alicyclic amines) is 1. The first-order valence-corrected chi connectivity index (χ1v) is 12.4. The Hall–Kier alpha value is -3.51. The summed E-state index contributed by atoms with van der Waals surface area (Å²) < 4.78 is 17.8. The Morgan fingerprint density at radius 2 is 1.83 bits per heavy atom. The quantitative estimate of drug-likeness (QED) is 0.274. The topological polar surface area (TPSA) is 59.8 Å². The molecule has 0 unspecified atom stereocenters. The van der Waals surface area contributed by atoms with E-state index in [0.29, 0.717) is 18.9 Å². The van der Waals surface area contributed by atoms with Gasteiger partial charge in [-0.25, -0.2) is 4.98 Å². The summed E-state index contributed by atoms with van der Waals surface area (Å²) in [6, 6.07) is 20.3. The molecule has 1 saturated heterocycles. The van der Waals surface area contributed by atoms with Crippen molar-refractivity contribution in [2.45, 2.75) is 32.7 Å². The van der Waals surface area contributed by atoms with Gasteiger partial charge in [-0.15, -0.1) is 0 Å². The average molecular weight is 472 g/mol. The Labute approximate surface area is 206 Å². The minimum atomic E-state index is 0.647. The Balaban J connectivity index is 1.44. The van der Waals surface area contributed by atoms with Crippen LogP contribution in [0.5, 0.6) is 11.5 Å². The van der Waals surface area contributed by atoms with Crippen molar-refractivity contribution < 1.29 is 13.9 Å². The number of methoxy groups -OCH3 is 1. The summed E-state index contributed by atoms with van der Waals surface area (Å²) in [6.07, 6.45) is 3.61. The number of hydrogen-bond donors (Lipinski definition) is 1. The smallest absolute Gasteiger partial charge is 0.163 e. The van der Waals surface area contributed by atoms with Gasteiger partial charge in [-0.3, -0.25) is 0 Å². The van der Waals surface area contributed by atoms with Gasteiger partial charge in [0, 0.05) is 30.2 Å². The first-order chi connectivity index (χ1) is 17.2. The van der Waals surface area contributed by atoms with Gasteiger partial charge in [-0.05, 0) is 69.1 Å². The molecule has 4 aromatic rings. The third-order valence-electron chi connectivity index (χ3n) is 6.49. The second kappa shape index (κ2) is 10.8. The monoisotopic (exact) mass is 471 g/mol. The Morgan fingerprint density at radius 1 is 1.00 bits per heavy atom. The number of hydrogen-bond acceptors (Lipinski definition) is 6. The summed E-state index contributed by atoms with van der Waals surface area (Å²) in [6.45, 7) is 6.78. The van der Waals surface area contributed by atoms with E-state index in [4.69, 9.17) is 18.9 Å². The Bertz CT molecular complexity index is 1260. The molecule has 182 valence electrons. The number of nitrogens with one attached hydrogen (secondary N) is 1. The van der Waals surface area contributed by atoms with E-state index < -0.39 is 0 Å². The van der Waals surface area contributed by atoms with Gasteiger partial charge < -0.3 is 24.1 Å². The van der Waals surface area contributed by atoms with Crippen molar-refractivity contribution >= 4 is 16.6 Å². The van der Waals surface area contributed by atoms with Crippen LogP contribution in [-0.4, -0.2) is 43.2 Å². The molecule has 1 fully saturated rings. The molecular formula is C29H33N3O3. The lowest BCUT2D eigenvalue weighted by molar-refractivity contribution is 0.254. The maximum Gasteiger partial charge on any atom is 0.163 e. The van der Waals surface area contributed by atoms with E-state index in [1.807, 2.05) is 43.3 Å². The highest BCUT2D eigenvalue weighted by Crippen LogP contribution is 2.37. The fraction of sp³-hybridized carbons (Fsp3) is 0.345. The SMILES string of the molecule is COc1cc2c(NCc3ccccc3)cc(-c3ccc(C)o3)nc2cc1OCCCN1CCCC1. The fourth-order valence-electron chi connectivity index (χ4n) is 4.62. The van der Waals surface area contributed by atoms with E-state index in [0.717, 1.165) is 52.5 Å². The predicted molar refractivity (Wildman–Crippen MR) is 140 cm³/mol. The van der Waals surface area contributed by atoms with Gasteiger partial charge in [0.2, 0.25) is 0 Å². The third-order valence-corrected chi connectivity index (χ3v) is 6.49. The van der Waals surface area contributed by atoms with Crippen LogP contribution in [0.2, 0.25) is 0 Å². The lowest BCUT2D eigenvalue weighted by atomic mass is 10.1. The standard InChI is InChI=1S/C29H33N3O3/c1-21-11-12-27(35-21)26-18-24(30-20-22-9-4-3-5-10-22)23-17-28(33-2)29(19-25(23)31-26)34-16-8-15-32-13-6-7-14-32/h3-5,9-12,17-19H,6-8,13-16,20H2,1-2H3,(H,30,31). The normalized spacial score (nSPS) is 13.9. The number of pyridine rings is 1. The zero-order valence-electron chi connectivity index (χ0n) is 20.5. The summed E-state index contributed by atoms with van der Waals surface area (Å²) in [5, 5.41) is 4.57. The Morgan fingerprint density at radius 3 is 2.57 bits per heavy atom. The zero-order valence-corrected chi connectivity index (χ0v) is 20.5. The van der Waals surface area contributed by atoms with Crippen LogP contribution in [-0.2, 0) is 6.54 Å². The van der Waals surface area contributed by atoms with Crippen molar-refractivity contribution in [2.75, 3.05) is 38.7 Å². The maximum atomic E-state index is 6.18. The number of benzene rings is 2. The molecule has 1 N–H and O–H groups in total. The molecule has 6 nitrogen and oxygen atoms in total. The summed E-state index contributed by atoms with van der Waals surface area (Å²) in [5.74, 6) is 3.04. The van der Waals surface area contributed by atoms with Crippen LogP contribution in [0, 0.1) is 6.92 Å².